The second kappa shape index (κ2) is 12.4. The van der Waals surface area contributed by atoms with E-state index in [1.165, 1.54) is 50.6 Å². The van der Waals surface area contributed by atoms with Crippen LogP contribution < -0.4 is 10.2 Å². The van der Waals surface area contributed by atoms with E-state index in [1.807, 2.05) is 26.8 Å². The minimum atomic E-state index is -0.549. The first-order chi connectivity index (χ1) is 13.3. The maximum absolute atomic E-state index is 13.0. The van der Waals surface area contributed by atoms with Gasteiger partial charge in [-0.15, -0.1) is 0 Å². The van der Waals surface area contributed by atoms with Gasteiger partial charge >= 0.3 is 0 Å². The lowest BCUT2D eigenvalue weighted by atomic mass is 10.1. The highest BCUT2D eigenvalue weighted by Crippen LogP contribution is 2.22. The number of para-hydroxylation sites is 1. The summed E-state index contributed by atoms with van der Waals surface area (Å²) in [4.78, 5) is 25.5. The zero-order chi connectivity index (χ0) is 21.0. The maximum Gasteiger partial charge on any atom is 0.276 e. The molecule has 28 heavy (non-hydrogen) atoms. The van der Waals surface area contributed by atoms with Gasteiger partial charge in [-0.1, -0.05) is 64.0 Å². The van der Waals surface area contributed by atoms with Crippen LogP contribution in [0, 0.1) is 0 Å². The van der Waals surface area contributed by atoms with Crippen molar-refractivity contribution in [1.82, 2.24) is 10.4 Å². The molecule has 0 aliphatic carbocycles. The SMILES string of the molecule is CCCCCCCCCCC(=O)NN(C(=O)c1ccccc1OC)C(C)(C)C. The Labute approximate surface area is 170 Å². The molecular weight excluding hydrogens is 352 g/mol. The Kier molecular flexibility index (Phi) is 10.6. The van der Waals surface area contributed by atoms with Gasteiger partial charge in [0.15, 0.2) is 0 Å². The number of nitrogens with zero attached hydrogens (tertiary/aromatic N) is 1. The molecule has 0 heterocycles. The fraction of sp³-hybridized carbons (Fsp3) is 0.652. The normalized spacial score (nSPS) is 11.2. The van der Waals surface area contributed by atoms with Gasteiger partial charge in [-0.05, 0) is 39.3 Å². The summed E-state index contributed by atoms with van der Waals surface area (Å²) in [6.45, 7) is 7.92. The van der Waals surface area contributed by atoms with E-state index in [9.17, 15) is 9.59 Å². The molecule has 0 saturated carbocycles. The van der Waals surface area contributed by atoms with Gasteiger partial charge in [0, 0.05) is 6.42 Å². The van der Waals surface area contributed by atoms with E-state index in [1.54, 1.807) is 18.2 Å². The molecule has 0 atom stereocenters. The molecular formula is C23H38N2O3. The summed E-state index contributed by atoms with van der Waals surface area (Å²) in [6, 6.07) is 7.07. The van der Waals surface area contributed by atoms with Crippen molar-refractivity contribution in [1.29, 1.82) is 0 Å². The topological polar surface area (TPSA) is 58.6 Å². The molecule has 0 unspecified atom stereocenters. The van der Waals surface area contributed by atoms with E-state index in [-0.39, 0.29) is 11.8 Å². The van der Waals surface area contributed by atoms with Crippen LogP contribution in [0.1, 0.15) is 95.8 Å². The van der Waals surface area contributed by atoms with E-state index < -0.39 is 5.54 Å². The summed E-state index contributed by atoms with van der Waals surface area (Å²) in [7, 11) is 1.54. The standard InChI is InChI=1S/C23H38N2O3/c1-6-7-8-9-10-11-12-13-18-21(26)24-25(23(2,3)4)22(27)19-16-14-15-17-20(19)28-5/h14-17H,6-13,18H2,1-5H3,(H,24,26). The van der Waals surface area contributed by atoms with Crippen molar-refractivity contribution in [2.45, 2.75) is 91.0 Å². The Bertz CT molecular complexity index is 608. The smallest absolute Gasteiger partial charge is 0.276 e. The van der Waals surface area contributed by atoms with Gasteiger partial charge in [0.05, 0.1) is 18.2 Å². The maximum atomic E-state index is 13.0. The van der Waals surface area contributed by atoms with Gasteiger partial charge in [0.1, 0.15) is 5.75 Å². The largest absolute Gasteiger partial charge is 0.496 e. The fourth-order valence-corrected chi connectivity index (χ4v) is 3.06. The van der Waals surface area contributed by atoms with E-state index in [2.05, 4.69) is 12.3 Å². The number of carbonyl (C=O) groups is 2. The average molecular weight is 391 g/mol. The Morgan fingerprint density at radius 1 is 0.964 bits per heavy atom. The highest BCUT2D eigenvalue weighted by molar-refractivity contribution is 5.98. The van der Waals surface area contributed by atoms with Crippen LogP contribution >= 0.6 is 0 Å². The molecule has 0 saturated heterocycles. The van der Waals surface area contributed by atoms with Gasteiger partial charge < -0.3 is 4.74 Å². The van der Waals surface area contributed by atoms with Gasteiger partial charge in [-0.2, -0.15) is 0 Å². The van der Waals surface area contributed by atoms with Crippen molar-refractivity contribution in [3.63, 3.8) is 0 Å². The lowest BCUT2D eigenvalue weighted by molar-refractivity contribution is -0.127. The number of methoxy groups -OCH3 is 1. The van der Waals surface area contributed by atoms with Crippen LogP contribution in [0.3, 0.4) is 0 Å². The molecule has 0 aliphatic rings. The second-order valence-electron chi connectivity index (χ2n) is 8.27. The van der Waals surface area contributed by atoms with Crippen molar-refractivity contribution in [3.05, 3.63) is 29.8 Å². The van der Waals surface area contributed by atoms with E-state index in [4.69, 9.17) is 4.74 Å². The van der Waals surface area contributed by atoms with Crippen LogP contribution in [0.5, 0.6) is 5.75 Å². The second-order valence-corrected chi connectivity index (χ2v) is 8.27. The van der Waals surface area contributed by atoms with Gasteiger partial charge in [-0.25, -0.2) is 5.01 Å². The highest BCUT2D eigenvalue weighted by Gasteiger charge is 2.30. The van der Waals surface area contributed by atoms with Crippen molar-refractivity contribution in [2.24, 2.45) is 0 Å². The molecule has 1 rings (SSSR count). The van der Waals surface area contributed by atoms with E-state index >= 15 is 0 Å². The summed E-state index contributed by atoms with van der Waals surface area (Å²) in [5.41, 5.74) is 2.70. The molecule has 0 fully saturated rings. The van der Waals surface area contributed by atoms with Crippen LogP contribution in [0.15, 0.2) is 24.3 Å². The highest BCUT2D eigenvalue weighted by atomic mass is 16.5. The average Bonchev–Trinajstić information content (AvgIpc) is 2.66. The lowest BCUT2D eigenvalue weighted by Crippen LogP contribution is -2.55. The van der Waals surface area contributed by atoms with E-state index in [0.29, 0.717) is 17.7 Å². The van der Waals surface area contributed by atoms with Crippen molar-refractivity contribution in [3.8, 4) is 5.75 Å². The number of amides is 2. The molecule has 0 aromatic heterocycles. The van der Waals surface area contributed by atoms with Crippen molar-refractivity contribution >= 4 is 11.8 Å². The first-order valence-electron chi connectivity index (χ1n) is 10.6. The fourth-order valence-electron chi connectivity index (χ4n) is 3.06. The van der Waals surface area contributed by atoms with Crippen LogP contribution in [0.4, 0.5) is 0 Å². The van der Waals surface area contributed by atoms with Crippen LogP contribution in [0.25, 0.3) is 0 Å². The summed E-state index contributed by atoms with van der Waals surface area (Å²) in [6.07, 6.45) is 9.90. The molecule has 0 aliphatic heterocycles. The molecule has 1 aromatic rings. The first kappa shape index (κ1) is 24.0. The molecule has 5 nitrogen and oxygen atoms in total. The van der Waals surface area contributed by atoms with Crippen LogP contribution in [0.2, 0.25) is 0 Å². The van der Waals surface area contributed by atoms with Crippen molar-refractivity contribution < 1.29 is 14.3 Å². The third-order valence-electron chi connectivity index (χ3n) is 4.71. The van der Waals surface area contributed by atoms with Gasteiger partial charge in [-0.3, -0.25) is 15.0 Å². The first-order valence-corrected chi connectivity index (χ1v) is 10.6. The Morgan fingerprint density at radius 2 is 1.54 bits per heavy atom. The number of carbonyl (C=O) groups excluding carboxylic acids is 2. The molecule has 0 bridgehead atoms. The zero-order valence-corrected chi connectivity index (χ0v) is 18.3. The predicted molar refractivity (Wildman–Crippen MR) is 114 cm³/mol. The molecule has 158 valence electrons. The quantitative estimate of drug-likeness (QED) is 0.401. The number of hydrogen-bond donors (Lipinski definition) is 1. The van der Waals surface area contributed by atoms with E-state index in [0.717, 1.165) is 12.8 Å². The minimum Gasteiger partial charge on any atom is -0.496 e. The Morgan fingerprint density at radius 3 is 2.11 bits per heavy atom. The van der Waals surface area contributed by atoms with Gasteiger partial charge in [0.25, 0.3) is 5.91 Å². The number of hydrogen-bond acceptors (Lipinski definition) is 3. The summed E-state index contributed by atoms with van der Waals surface area (Å²) < 4.78 is 5.30. The lowest BCUT2D eigenvalue weighted by Gasteiger charge is -2.35. The Balaban J connectivity index is 2.56. The third kappa shape index (κ3) is 8.32. The van der Waals surface area contributed by atoms with Crippen LogP contribution in [-0.2, 0) is 4.79 Å². The molecule has 0 radical (unpaired) electrons. The number of hydrazine groups is 1. The monoisotopic (exact) mass is 390 g/mol. The number of benzene rings is 1. The van der Waals surface area contributed by atoms with Gasteiger partial charge in [0.2, 0.25) is 5.91 Å². The number of rotatable bonds is 11. The van der Waals surface area contributed by atoms with Crippen LogP contribution in [-0.4, -0.2) is 29.5 Å². The number of ether oxygens (including phenoxy) is 1. The summed E-state index contributed by atoms with van der Waals surface area (Å²) in [5.74, 6) is 0.109. The number of unbranched alkanes of at least 4 members (excludes halogenated alkanes) is 7. The zero-order valence-electron chi connectivity index (χ0n) is 18.3. The summed E-state index contributed by atoms with van der Waals surface area (Å²) >= 11 is 0. The molecule has 1 N–H and O–H groups in total. The molecule has 1 aromatic carbocycles. The third-order valence-corrected chi connectivity index (χ3v) is 4.71. The molecule has 0 spiro atoms. The summed E-state index contributed by atoms with van der Waals surface area (Å²) in [5, 5.41) is 1.41. The predicted octanol–water partition coefficient (Wildman–Crippen LogP) is 5.50. The Hall–Kier alpha value is -2.04. The minimum absolute atomic E-state index is 0.121. The molecule has 5 heteroatoms. The molecule has 2 amide bonds. The number of nitrogens with one attached hydrogen (secondary N) is 1. The van der Waals surface area contributed by atoms with Crippen molar-refractivity contribution in [2.75, 3.05) is 7.11 Å².